The average molecular weight is 1430 g/mol. The molecule has 8 heterocycles. The summed E-state index contributed by atoms with van der Waals surface area (Å²) in [7, 11) is 0. The molecule has 0 unspecified atom stereocenters. The molecule has 8 nitrogen and oxygen atoms in total. The Kier molecular flexibility index (Phi) is 13.5. The van der Waals surface area contributed by atoms with E-state index in [0.717, 1.165) is 144 Å². The van der Waals surface area contributed by atoms with E-state index in [0.29, 0.717) is 5.82 Å². The van der Waals surface area contributed by atoms with Gasteiger partial charge in [0.1, 0.15) is 0 Å². The Morgan fingerprint density at radius 3 is 1.52 bits per heavy atom. The number of rotatable bonds is 10. The first-order valence-electron chi connectivity index (χ1n) is 36.9. The standard InChI is InChI=1S/C99H60N8S2/c1-3-4-30-82-58(2)67-22-8-13-31-83(67)106(82)66-47-54-86-79(57-66)71-24-10-15-33-85(71)104(86)64-43-37-60(38-44-64)99-101-81-52-51-75(97-93(81)95(103-99)77-26-12-17-35-90(77)109-97)68-27-18-28-73-69(68)49-50-74-78-55-61(42-53-87(78)107(96(73)74)63-20-6-5-7-21-63)62-41-48-72-70-23-9-14-32-84(70)105(88(72)56-62)65-45-39-59(40-46-65)98-100-80-29-19-36-91-92(80)94(102-98)76-25-11-16-34-89(76)108-91/h3-57H,1H2,2H3/b30-4-. The van der Waals surface area contributed by atoms with Gasteiger partial charge in [0.25, 0.3) is 0 Å². The van der Waals surface area contributed by atoms with Crippen LogP contribution in [-0.4, -0.2) is 38.2 Å². The number of para-hydroxylation sites is 4. The van der Waals surface area contributed by atoms with E-state index in [1.54, 1.807) is 11.8 Å². The Bertz CT molecular complexity index is 7560. The lowest BCUT2D eigenvalue weighted by Gasteiger charge is -2.23. The highest BCUT2D eigenvalue weighted by atomic mass is 32.2. The van der Waals surface area contributed by atoms with E-state index in [9.17, 15) is 0 Å². The van der Waals surface area contributed by atoms with Gasteiger partial charge in [-0.1, -0.05) is 212 Å². The van der Waals surface area contributed by atoms with Gasteiger partial charge in [0.05, 0.1) is 61.0 Å². The fourth-order valence-corrected chi connectivity index (χ4v) is 20.0. The molecule has 10 heteroatoms. The fourth-order valence-electron chi connectivity index (χ4n) is 17.6. The molecule has 0 atom stereocenters. The van der Waals surface area contributed by atoms with Crippen LogP contribution >= 0.6 is 23.5 Å². The fraction of sp³-hybridized carbons (Fsp3) is 0.0101. The molecule has 0 aliphatic carbocycles. The smallest absolute Gasteiger partial charge is 0.160 e. The zero-order valence-electron chi connectivity index (χ0n) is 58.9. The van der Waals surface area contributed by atoms with Gasteiger partial charge in [0, 0.05) is 124 Å². The van der Waals surface area contributed by atoms with Crippen molar-refractivity contribution in [3.63, 3.8) is 0 Å². The summed E-state index contributed by atoms with van der Waals surface area (Å²) in [6.45, 7) is 6.19. The van der Waals surface area contributed by atoms with Gasteiger partial charge < -0.3 is 18.3 Å². The minimum atomic E-state index is 0.689. The second-order valence-electron chi connectivity index (χ2n) is 28.4. The first kappa shape index (κ1) is 61.6. The zero-order valence-corrected chi connectivity index (χ0v) is 60.5. The minimum Gasteiger partial charge on any atom is -0.310 e. The summed E-state index contributed by atoms with van der Waals surface area (Å²) in [5.74, 6) is 1.41. The van der Waals surface area contributed by atoms with Gasteiger partial charge in [0.2, 0.25) is 0 Å². The van der Waals surface area contributed by atoms with E-state index in [4.69, 9.17) is 19.9 Å². The van der Waals surface area contributed by atoms with Crippen molar-refractivity contribution < 1.29 is 0 Å². The summed E-state index contributed by atoms with van der Waals surface area (Å²) >= 11 is 3.61. The second kappa shape index (κ2) is 23.9. The highest BCUT2D eigenvalue weighted by Crippen LogP contribution is 2.54. The molecule has 508 valence electrons. The van der Waals surface area contributed by atoms with E-state index >= 15 is 0 Å². The Hall–Kier alpha value is -13.6. The van der Waals surface area contributed by atoms with Gasteiger partial charge in [-0.15, -0.1) is 0 Å². The molecule has 0 fully saturated rings. The summed E-state index contributed by atoms with van der Waals surface area (Å²) in [6.07, 6.45) is 6.03. The van der Waals surface area contributed by atoms with Crippen LogP contribution in [0.25, 0.3) is 205 Å². The van der Waals surface area contributed by atoms with Crippen LogP contribution in [-0.2, 0) is 0 Å². The van der Waals surface area contributed by atoms with Crippen LogP contribution in [0.15, 0.2) is 354 Å². The molecular formula is C99H60N8S2. The van der Waals surface area contributed by atoms with Crippen molar-refractivity contribution in [2.24, 2.45) is 0 Å². The number of benzene rings is 15. The predicted molar refractivity (Wildman–Crippen MR) is 455 cm³/mol. The first-order valence-corrected chi connectivity index (χ1v) is 38.5. The van der Waals surface area contributed by atoms with Crippen molar-refractivity contribution in [2.45, 2.75) is 26.5 Å². The number of aromatic nitrogens is 8. The van der Waals surface area contributed by atoms with E-state index in [1.165, 1.54) is 79.8 Å². The normalized spacial score (nSPS) is 12.6. The predicted octanol–water partition coefficient (Wildman–Crippen LogP) is 26.4. The molecule has 0 saturated heterocycles. The third-order valence-electron chi connectivity index (χ3n) is 22.6. The molecule has 0 amide bonds. The largest absolute Gasteiger partial charge is 0.310 e. The molecule has 21 aromatic rings. The van der Waals surface area contributed by atoms with Crippen LogP contribution in [0, 0.1) is 6.92 Å². The lowest BCUT2D eigenvalue weighted by atomic mass is 9.94. The van der Waals surface area contributed by atoms with Crippen molar-refractivity contribution in [2.75, 3.05) is 0 Å². The molecule has 23 rings (SSSR count). The van der Waals surface area contributed by atoms with Crippen LogP contribution in [0.2, 0.25) is 0 Å². The SMILES string of the molecule is C=C/C=C\c1c(C)c2ccccc2n1-c1ccc2c(c1)c1ccccc1n2-c1ccc(-c2nc3c4c(c(-c5cccc6c5ccc5c7cc(-c8ccc9c%10ccccc%10n(-c%10ccc(-c%11nc%12c%13c(cccc%13n%11)Sc%11ccccc%11-%12)cc%10)c9c8)ccc7n(-c7ccccc7)c65)ccc4n2)Sc2ccccc2-3)cc1. The molecule has 0 N–H and O–H groups in total. The van der Waals surface area contributed by atoms with E-state index in [1.807, 2.05) is 23.9 Å². The van der Waals surface area contributed by atoms with Gasteiger partial charge in [-0.25, -0.2) is 19.9 Å². The molecule has 6 aromatic heterocycles. The van der Waals surface area contributed by atoms with E-state index in [-0.39, 0.29) is 0 Å². The number of aryl methyl sites for hydroxylation is 1. The Balaban J connectivity index is 0.616. The van der Waals surface area contributed by atoms with Crippen molar-refractivity contribution in [1.29, 1.82) is 0 Å². The molecule has 2 aliphatic rings. The van der Waals surface area contributed by atoms with Gasteiger partial charge >= 0.3 is 0 Å². The topological polar surface area (TPSA) is 71.3 Å². The quantitative estimate of drug-likeness (QED) is 0.127. The third-order valence-corrected chi connectivity index (χ3v) is 24.9. The Morgan fingerprint density at radius 1 is 0.303 bits per heavy atom. The number of allylic oxidation sites excluding steroid dienone is 2. The number of nitrogens with zero attached hydrogens (tertiary/aromatic N) is 8. The summed E-state index contributed by atoms with van der Waals surface area (Å²) in [5, 5.41) is 12.9. The third kappa shape index (κ3) is 9.29. The van der Waals surface area contributed by atoms with Gasteiger partial charge in [-0.3, -0.25) is 0 Å². The summed E-state index contributed by atoms with van der Waals surface area (Å²) < 4.78 is 9.64. The van der Waals surface area contributed by atoms with Crippen LogP contribution in [0.5, 0.6) is 0 Å². The zero-order chi connectivity index (χ0) is 71.7. The van der Waals surface area contributed by atoms with Crippen LogP contribution in [0.1, 0.15) is 11.3 Å². The summed E-state index contributed by atoms with van der Waals surface area (Å²) in [6, 6.07) is 115. The van der Waals surface area contributed by atoms with Crippen LogP contribution < -0.4 is 0 Å². The van der Waals surface area contributed by atoms with Crippen molar-refractivity contribution in [3.8, 4) is 90.3 Å². The Morgan fingerprint density at radius 2 is 0.789 bits per heavy atom. The lowest BCUT2D eigenvalue weighted by molar-refractivity contribution is 1.10. The maximum absolute atomic E-state index is 5.58. The molecule has 0 saturated carbocycles. The van der Waals surface area contributed by atoms with Crippen molar-refractivity contribution in [1.82, 2.24) is 38.2 Å². The molecule has 2 aliphatic heterocycles. The van der Waals surface area contributed by atoms with Crippen LogP contribution in [0.3, 0.4) is 0 Å². The highest BCUT2D eigenvalue weighted by Gasteiger charge is 2.29. The summed E-state index contributed by atoms with van der Waals surface area (Å²) in [5.41, 5.74) is 27.4. The molecule has 0 spiro atoms. The molecular weight excluding hydrogens is 1370 g/mol. The second-order valence-corrected chi connectivity index (χ2v) is 30.6. The molecule has 0 radical (unpaired) electrons. The van der Waals surface area contributed by atoms with Crippen molar-refractivity contribution >= 4 is 138 Å². The van der Waals surface area contributed by atoms with Gasteiger partial charge in [-0.2, -0.15) is 0 Å². The van der Waals surface area contributed by atoms with Gasteiger partial charge in [-0.05, 0) is 192 Å². The maximum atomic E-state index is 5.58. The van der Waals surface area contributed by atoms with Gasteiger partial charge in [0.15, 0.2) is 11.6 Å². The average Bonchev–Trinajstić information content (AvgIpc) is 1.70. The van der Waals surface area contributed by atoms with Crippen molar-refractivity contribution in [3.05, 3.63) is 345 Å². The number of fused-ring (bicyclic) bond motifs is 16. The number of hydrogen-bond acceptors (Lipinski definition) is 6. The lowest BCUT2D eigenvalue weighted by Crippen LogP contribution is -2.02. The number of hydrogen-bond donors (Lipinski definition) is 0. The summed E-state index contributed by atoms with van der Waals surface area (Å²) in [4.78, 5) is 26.2. The Labute approximate surface area is 634 Å². The monoisotopic (exact) mass is 1420 g/mol. The maximum Gasteiger partial charge on any atom is 0.160 e. The molecule has 15 aromatic carbocycles. The minimum absolute atomic E-state index is 0.689. The first-order chi connectivity index (χ1) is 53.9. The van der Waals surface area contributed by atoms with Crippen LogP contribution in [0.4, 0.5) is 0 Å². The van der Waals surface area contributed by atoms with E-state index < -0.39 is 0 Å². The van der Waals surface area contributed by atoms with E-state index in [2.05, 4.69) is 353 Å². The molecule has 109 heavy (non-hydrogen) atoms. The molecule has 0 bridgehead atoms. The highest BCUT2D eigenvalue weighted by molar-refractivity contribution is 8.00.